The molecule has 0 spiro atoms. The van der Waals surface area contributed by atoms with Crippen LogP contribution >= 0.6 is 11.8 Å². The predicted molar refractivity (Wildman–Crippen MR) is 104 cm³/mol. The third-order valence-electron chi connectivity index (χ3n) is 4.51. The largest absolute Gasteiger partial charge is 0.493 e. The van der Waals surface area contributed by atoms with Gasteiger partial charge in [0.15, 0.2) is 11.5 Å². The number of aliphatic carboxylic acids is 1. The molecule has 26 heavy (non-hydrogen) atoms. The average Bonchev–Trinajstić information content (AvgIpc) is 2.60. The first-order chi connectivity index (χ1) is 12.3. The van der Waals surface area contributed by atoms with E-state index in [1.165, 1.54) is 0 Å². The molecular weight excluding hydrogens is 352 g/mol. The summed E-state index contributed by atoms with van der Waals surface area (Å²) in [6.07, 6.45) is 1.66. The predicted octanol–water partition coefficient (Wildman–Crippen LogP) is 3.60. The van der Waals surface area contributed by atoms with Gasteiger partial charge in [0.2, 0.25) is 0 Å². The zero-order valence-electron chi connectivity index (χ0n) is 15.5. The highest BCUT2D eigenvalue weighted by molar-refractivity contribution is 8.04. The first-order valence-corrected chi connectivity index (χ1v) is 9.47. The van der Waals surface area contributed by atoms with Gasteiger partial charge in [-0.05, 0) is 30.4 Å². The number of nitrogens with zero attached hydrogens (tertiary/aromatic N) is 1. The number of methoxy groups -OCH3 is 2. The Morgan fingerprint density at radius 2 is 2.00 bits per heavy atom. The third-order valence-corrected chi connectivity index (χ3v) is 5.78. The van der Waals surface area contributed by atoms with Crippen LogP contribution < -0.4 is 14.8 Å². The van der Waals surface area contributed by atoms with Gasteiger partial charge in [-0.25, -0.2) is 4.79 Å². The van der Waals surface area contributed by atoms with Gasteiger partial charge < -0.3 is 19.9 Å². The number of rotatable bonds is 4. The fraction of sp³-hybridized carbons (Fsp3) is 0.474. The van der Waals surface area contributed by atoms with E-state index in [4.69, 9.17) is 14.5 Å². The zero-order chi connectivity index (χ0) is 18.9. The van der Waals surface area contributed by atoms with E-state index in [0.717, 1.165) is 34.8 Å². The minimum atomic E-state index is -0.814. The van der Waals surface area contributed by atoms with Crippen LogP contribution in [0.5, 0.6) is 11.5 Å². The van der Waals surface area contributed by atoms with Gasteiger partial charge in [0.1, 0.15) is 6.04 Å². The molecule has 0 amide bonds. The molecular formula is C19H24N2O4S. The van der Waals surface area contributed by atoms with Crippen LogP contribution in [0.25, 0.3) is 0 Å². The molecule has 7 heteroatoms. The zero-order valence-corrected chi connectivity index (χ0v) is 16.3. The summed E-state index contributed by atoms with van der Waals surface area (Å²) in [4.78, 5) is 17.3. The molecule has 6 nitrogen and oxygen atoms in total. The molecule has 1 aromatic rings. The Kier molecular flexibility index (Phi) is 5.18. The number of nitrogens with one attached hydrogen (secondary N) is 1. The maximum absolute atomic E-state index is 11.3. The van der Waals surface area contributed by atoms with Crippen molar-refractivity contribution >= 4 is 29.1 Å². The van der Waals surface area contributed by atoms with Crippen molar-refractivity contribution in [2.24, 2.45) is 10.4 Å². The molecule has 1 aliphatic heterocycles. The maximum Gasteiger partial charge on any atom is 0.326 e. The van der Waals surface area contributed by atoms with E-state index in [9.17, 15) is 9.90 Å². The average molecular weight is 376 g/mol. The van der Waals surface area contributed by atoms with Crippen LogP contribution in [0.2, 0.25) is 0 Å². The van der Waals surface area contributed by atoms with Crippen LogP contribution in [0.15, 0.2) is 33.8 Å². The number of aliphatic imine (C=N–C) groups is 1. The molecule has 0 saturated carbocycles. The first-order valence-electron chi connectivity index (χ1n) is 8.48. The van der Waals surface area contributed by atoms with Crippen molar-refractivity contribution in [3.8, 4) is 11.5 Å². The Bertz CT molecular complexity index is 786. The lowest BCUT2D eigenvalue weighted by atomic mass is 9.78. The van der Waals surface area contributed by atoms with E-state index in [0.29, 0.717) is 17.3 Å². The summed E-state index contributed by atoms with van der Waals surface area (Å²) >= 11 is 1.58. The van der Waals surface area contributed by atoms with Gasteiger partial charge in [0.05, 0.1) is 25.6 Å². The maximum atomic E-state index is 11.3. The van der Waals surface area contributed by atoms with E-state index < -0.39 is 12.0 Å². The number of allylic oxidation sites excluding steroid dienone is 2. The molecule has 0 bridgehead atoms. The van der Waals surface area contributed by atoms with Crippen molar-refractivity contribution in [2.75, 3.05) is 20.0 Å². The molecule has 1 atom stereocenters. The number of hydrogen-bond acceptors (Lipinski definition) is 6. The van der Waals surface area contributed by atoms with Crippen molar-refractivity contribution in [3.63, 3.8) is 0 Å². The summed E-state index contributed by atoms with van der Waals surface area (Å²) in [5.74, 6) is 0.989. The number of benzene rings is 1. The van der Waals surface area contributed by atoms with Gasteiger partial charge in [-0.3, -0.25) is 4.99 Å². The second kappa shape index (κ2) is 7.23. The molecule has 1 unspecified atom stereocenters. The Morgan fingerprint density at radius 3 is 2.65 bits per heavy atom. The summed E-state index contributed by atoms with van der Waals surface area (Å²) in [7, 11) is 3.21. The molecule has 0 saturated heterocycles. The van der Waals surface area contributed by atoms with E-state index in [-0.39, 0.29) is 5.41 Å². The molecule has 0 radical (unpaired) electrons. The minimum Gasteiger partial charge on any atom is -0.493 e. The fourth-order valence-corrected chi connectivity index (χ4v) is 4.46. The van der Waals surface area contributed by atoms with Crippen molar-refractivity contribution in [1.82, 2.24) is 5.32 Å². The molecule has 140 valence electrons. The van der Waals surface area contributed by atoms with Crippen LogP contribution in [0, 0.1) is 5.41 Å². The van der Waals surface area contributed by atoms with Gasteiger partial charge in [-0.1, -0.05) is 13.8 Å². The number of carboxylic acid groups (broad SMARTS) is 1. The van der Waals surface area contributed by atoms with Crippen LogP contribution in [-0.2, 0) is 4.79 Å². The standard InChI is InChI=1S/C19H24N2O4S/c1-19(2)8-12(17-13(9-19)21-14(10-26-17)18(22)23)20-11-5-6-15(24-3)16(7-11)25-4/h5-7,14,21H,8-10H2,1-4H3,(H,22,23)/b20-12-. The monoisotopic (exact) mass is 376 g/mol. The number of hydrogen-bond donors (Lipinski definition) is 2. The summed E-state index contributed by atoms with van der Waals surface area (Å²) in [5.41, 5.74) is 2.79. The second-order valence-electron chi connectivity index (χ2n) is 7.27. The van der Waals surface area contributed by atoms with Crippen LogP contribution in [0.3, 0.4) is 0 Å². The normalized spacial score (nSPS) is 23.2. The Hall–Kier alpha value is -2.15. The number of carbonyl (C=O) groups is 1. The van der Waals surface area contributed by atoms with Crippen molar-refractivity contribution < 1.29 is 19.4 Å². The van der Waals surface area contributed by atoms with Gasteiger partial charge in [-0.15, -0.1) is 11.8 Å². The van der Waals surface area contributed by atoms with Crippen molar-refractivity contribution in [1.29, 1.82) is 0 Å². The first kappa shape index (κ1) is 18.6. The highest BCUT2D eigenvalue weighted by atomic mass is 32.2. The summed E-state index contributed by atoms with van der Waals surface area (Å²) < 4.78 is 10.6. The van der Waals surface area contributed by atoms with E-state index in [1.54, 1.807) is 26.0 Å². The van der Waals surface area contributed by atoms with Crippen molar-refractivity contribution in [2.45, 2.75) is 32.7 Å². The lowest BCUT2D eigenvalue weighted by Gasteiger charge is -2.38. The molecule has 2 N–H and O–H groups in total. The quantitative estimate of drug-likeness (QED) is 0.836. The Labute approximate surface area is 157 Å². The molecule has 0 fully saturated rings. The molecule has 3 rings (SSSR count). The lowest BCUT2D eigenvalue weighted by molar-refractivity contribution is -0.138. The van der Waals surface area contributed by atoms with E-state index >= 15 is 0 Å². The van der Waals surface area contributed by atoms with Crippen LogP contribution in [-0.4, -0.2) is 42.8 Å². The number of ether oxygens (including phenoxy) is 2. The smallest absolute Gasteiger partial charge is 0.326 e. The fourth-order valence-electron chi connectivity index (χ4n) is 3.31. The van der Waals surface area contributed by atoms with E-state index in [2.05, 4.69) is 19.2 Å². The molecule has 1 aliphatic carbocycles. The summed E-state index contributed by atoms with van der Waals surface area (Å²) in [6, 6.07) is 5.05. The Morgan fingerprint density at radius 1 is 1.27 bits per heavy atom. The molecule has 1 heterocycles. The van der Waals surface area contributed by atoms with Crippen LogP contribution in [0.4, 0.5) is 5.69 Å². The van der Waals surface area contributed by atoms with Crippen LogP contribution in [0.1, 0.15) is 26.7 Å². The van der Waals surface area contributed by atoms with Gasteiger partial charge in [0.25, 0.3) is 0 Å². The number of carboxylic acids is 1. The lowest BCUT2D eigenvalue weighted by Crippen LogP contribution is -2.44. The minimum absolute atomic E-state index is 0.0160. The molecule has 0 aromatic heterocycles. The highest BCUT2D eigenvalue weighted by Crippen LogP contribution is 2.43. The SMILES string of the molecule is COc1ccc(/N=C2/CC(C)(C)CC3=C2SCC(C(=O)O)N3)cc1OC. The van der Waals surface area contributed by atoms with Crippen molar-refractivity contribution in [3.05, 3.63) is 28.8 Å². The van der Waals surface area contributed by atoms with Gasteiger partial charge in [-0.2, -0.15) is 0 Å². The van der Waals surface area contributed by atoms with E-state index in [1.807, 2.05) is 18.2 Å². The number of thioether (sulfide) groups is 1. The topological polar surface area (TPSA) is 80.2 Å². The highest BCUT2D eigenvalue weighted by Gasteiger charge is 2.36. The molecule has 2 aliphatic rings. The van der Waals surface area contributed by atoms with Gasteiger partial charge >= 0.3 is 5.97 Å². The molecule has 1 aromatic carbocycles. The summed E-state index contributed by atoms with van der Waals surface area (Å²) in [6.45, 7) is 4.36. The second-order valence-corrected chi connectivity index (χ2v) is 8.30. The summed E-state index contributed by atoms with van der Waals surface area (Å²) in [5, 5.41) is 12.5. The Balaban J connectivity index is 1.98. The third kappa shape index (κ3) is 3.82. The van der Waals surface area contributed by atoms with Gasteiger partial charge in [0, 0.05) is 22.4 Å².